The summed E-state index contributed by atoms with van der Waals surface area (Å²) in [5, 5.41) is 3.44. The van der Waals surface area contributed by atoms with Crippen LogP contribution in [0.5, 0.6) is 5.75 Å². The first-order valence-corrected chi connectivity index (χ1v) is 9.15. The number of imidazole rings is 1. The summed E-state index contributed by atoms with van der Waals surface area (Å²) in [5.41, 5.74) is 2.55. The molecule has 0 aliphatic carbocycles. The number of halogens is 1. The van der Waals surface area contributed by atoms with E-state index in [1.165, 1.54) is 0 Å². The number of esters is 1. The maximum absolute atomic E-state index is 12.5. The van der Waals surface area contributed by atoms with Crippen molar-refractivity contribution < 1.29 is 14.3 Å². The molecule has 3 aromatic rings. The Labute approximate surface area is 168 Å². The number of benzene rings is 2. The molecule has 3 rings (SSSR count). The minimum absolute atomic E-state index is 0.150. The lowest BCUT2D eigenvalue weighted by molar-refractivity contribution is -0.116. The van der Waals surface area contributed by atoms with E-state index in [2.05, 4.69) is 10.3 Å². The summed E-state index contributed by atoms with van der Waals surface area (Å²) in [6.45, 7) is 4.24. The molecule has 6 nitrogen and oxygen atoms in total. The Hall–Kier alpha value is -3.12. The first-order valence-electron chi connectivity index (χ1n) is 8.77. The number of aryl methyl sites for hydroxylation is 3. The molecule has 0 radical (unpaired) electrons. The Balaban J connectivity index is 1.63. The molecule has 1 amide bonds. The van der Waals surface area contributed by atoms with Gasteiger partial charge in [-0.25, -0.2) is 9.78 Å². The topological polar surface area (TPSA) is 73.2 Å². The molecular formula is C21H20ClN3O3. The molecule has 1 aromatic heterocycles. The first-order chi connectivity index (χ1) is 13.4. The van der Waals surface area contributed by atoms with Gasteiger partial charge in [-0.3, -0.25) is 4.79 Å². The Bertz CT molecular complexity index is 977. The fourth-order valence-electron chi connectivity index (χ4n) is 2.73. The number of aromatic nitrogens is 2. The number of nitrogens with one attached hydrogen (secondary N) is 1. The molecule has 0 saturated heterocycles. The third-order valence-corrected chi connectivity index (χ3v) is 4.75. The molecule has 7 heteroatoms. The van der Waals surface area contributed by atoms with Gasteiger partial charge in [-0.1, -0.05) is 17.7 Å². The van der Waals surface area contributed by atoms with Crippen LogP contribution in [-0.2, 0) is 11.3 Å². The molecule has 144 valence electrons. The van der Waals surface area contributed by atoms with Crippen LogP contribution in [0.4, 0.5) is 5.69 Å². The summed E-state index contributed by atoms with van der Waals surface area (Å²) in [6.07, 6.45) is 5.42. The van der Waals surface area contributed by atoms with Crippen molar-refractivity contribution in [3.05, 3.63) is 76.8 Å². The third-order valence-electron chi connectivity index (χ3n) is 4.16. The van der Waals surface area contributed by atoms with Crippen molar-refractivity contribution in [2.24, 2.45) is 0 Å². The van der Waals surface area contributed by atoms with Crippen molar-refractivity contribution >= 4 is 29.2 Å². The largest absolute Gasteiger partial charge is 0.423 e. The number of rotatable bonds is 6. The molecule has 1 heterocycles. The number of carbonyl (C=O) groups excluding carboxylic acids is 2. The molecule has 0 fully saturated rings. The highest BCUT2D eigenvalue weighted by Crippen LogP contribution is 2.26. The number of hydrogen-bond donors (Lipinski definition) is 1. The SMILES string of the molecule is Cc1cc(OC(=O)c2cccc(NC(=O)CCn3ccnc3)c2)cc(C)c1Cl. The minimum Gasteiger partial charge on any atom is -0.423 e. The van der Waals surface area contributed by atoms with Crippen LogP contribution >= 0.6 is 11.6 Å². The summed E-state index contributed by atoms with van der Waals surface area (Å²) in [4.78, 5) is 28.5. The van der Waals surface area contributed by atoms with Crippen molar-refractivity contribution in [3.8, 4) is 5.75 Å². The zero-order valence-electron chi connectivity index (χ0n) is 15.6. The van der Waals surface area contributed by atoms with Gasteiger partial charge in [-0.2, -0.15) is 0 Å². The van der Waals surface area contributed by atoms with Crippen molar-refractivity contribution in [3.63, 3.8) is 0 Å². The average Bonchev–Trinajstić information content (AvgIpc) is 3.18. The molecule has 0 spiro atoms. The Morgan fingerprint density at radius 3 is 2.61 bits per heavy atom. The van der Waals surface area contributed by atoms with Gasteiger partial charge >= 0.3 is 5.97 Å². The van der Waals surface area contributed by atoms with Crippen LogP contribution in [0.3, 0.4) is 0 Å². The molecular weight excluding hydrogens is 378 g/mol. The highest BCUT2D eigenvalue weighted by molar-refractivity contribution is 6.32. The van der Waals surface area contributed by atoms with Gasteiger partial charge in [0.15, 0.2) is 0 Å². The lowest BCUT2D eigenvalue weighted by Gasteiger charge is -2.10. The van der Waals surface area contributed by atoms with Gasteiger partial charge in [0.25, 0.3) is 0 Å². The average molecular weight is 398 g/mol. The maximum Gasteiger partial charge on any atom is 0.343 e. The molecule has 0 aliphatic heterocycles. The summed E-state index contributed by atoms with van der Waals surface area (Å²) in [7, 11) is 0. The fourth-order valence-corrected chi connectivity index (χ4v) is 2.84. The molecule has 1 N–H and O–H groups in total. The van der Waals surface area contributed by atoms with Crippen LogP contribution in [0.15, 0.2) is 55.1 Å². The smallest absolute Gasteiger partial charge is 0.343 e. The second-order valence-electron chi connectivity index (χ2n) is 6.44. The number of anilines is 1. The first kappa shape index (κ1) is 19.6. The van der Waals surface area contributed by atoms with Gasteiger partial charge < -0.3 is 14.6 Å². The highest BCUT2D eigenvalue weighted by Gasteiger charge is 2.12. The van der Waals surface area contributed by atoms with Crippen LogP contribution in [0.25, 0.3) is 0 Å². The second-order valence-corrected chi connectivity index (χ2v) is 6.82. The number of nitrogens with zero attached hydrogens (tertiary/aromatic N) is 2. The number of hydrogen-bond acceptors (Lipinski definition) is 4. The van der Waals surface area contributed by atoms with Gasteiger partial charge in [0.2, 0.25) is 5.91 Å². The van der Waals surface area contributed by atoms with Crippen LogP contribution in [0, 0.1) is 13.8 Å². The van der Waals surface area contributed by atoms with Crippen molar-refractivity contribution in [1.29, 1.82) is 0 Å². The second kappa shape index (κ2) is 8.71. The zero-order valence-corrected chi connectivity index (χ0v) is 16.4. The van der Waals surface area contributed by atoms with E-state index in [9.17, 15) is 9.59 Å². The summed E-state index contributed by atoms with van der Waals surface area (Å²) in [6, 6.07) is 10.1. The molecule has 0 atom stereocenters. The van der Waals surface area contributed by atoms with Gasteiger partial charge in [-0.05, 0) is 55.3 Å². The number of ether oxygens (including phenoxy) is 1. The Morgan fingerprint density at radius 2 is 1.93 bits per heavy atom. The van der Waals surface area contributed by atoms with E-state index >= 15 is 0 Å². The minimum atomic E-state index is -0.504. The highest BCUT2D eigenvalue weighted by atomic mass is 35.5. The predicted octanol–water partition coefficient (Wildman–Crippen LogP) is 4.40. The fraction of sp³-hybridized carbons (Fsp3) is 0.190. The van der Waals surface area contributed by atoms with E-state index < -0.39 is 5.97 Å². The normalized spacial score (nSPS) is 10.5. The Morgan fingerprint density at radius 1 is 1.18 bits per heavy atom. The third kappa shape index (κ3) is 4.98. The van der Waals surface area contributed by atoms with E-state index in [0.29, 0.717) is 35.0 Å². The standard InChI is InChI=1S/C21H20ClN3O3/c1-14-10-18(11-15(2)20(14)22)28-21(27)16-4-3-5-17(12-16)24-19(26)6-8-25-9-7-23-13-25/h3-5,7,9-13H,6,8H2,1-2H3,(H,24,26). The van der Waals surface area contributed by atoms with E-state index in [1.807, 2.05) is 18.4 Å². The zero-order chi connectivity index (χ0) is 20.1. The van der Waals surface area contributed by atoms with Gasteiger partial charge in [0, 0.05) is 36.1 Å². The molecule has 0 saturated carbocycles. The Kier molecular flexibility index (Phi) is 6.11. The van der Waals surface area contributed by atoms with Crippen LogP contribution in [0.2, 0.25) is 5.02 Å². The molecule has 0 bridgehead atoms. The summed E-state index contributed by atoms with van der Waals surface area (Å²) >= 11 is 6.15. The van der Waals surface area contributed by atoms with E-state index in [-0.39, 0.29) is 5.91 Å². The molecule has 0 unspecified atom stereocenters. The lowest BCUT2D eigenvalue weighted by Crippen LogP contribution is -2.15. The van der Waals surface area contributed by atoms with Gasteiger partial charge in [0.05, 0.1) is 11.9 Å². The van der Waals surface area contributed by atoms with Crippen LogP contribution in [-0.4, -0.2) is 21.4 Å². The van der Waals surface area contributed by atoms with E-state index in [0.717, 1.165) is 11.1 Å². The van der Waals surface area contributed by atoms with Crippen molar-refractivity contribution in [2.45, 2.75) is 26.8 Å². The molecule has 2 aromatic carbocycles. The van der Waals surface area contributed by atoms with Crippen LogP contribution in [0.1, 0.15) is 27.9 Å². The van der Waals surface area contributed by atoms with Gasteiger partial charge in [-0.15, -0.1) is 0 Å². The van der Waals surface area contributed by atoms with Crippen molar-refractivity contribution in [1.82, 2.24) is 9.55 Å². The summed E-state index contributed by atoms with van der Waals surface area (Å²) < 4.78 is 7.28. The monoisotopic (exact) mass is 397 g/mol. The predicted molar refractivity (Wildman–Crippen MR) is 108 cm³/mol. The lowest BCUT2D eigenvalue weighted by atomic mass is 10.1. The number of carbonyl (C=O) groups is 2. The van der Waals surface area contributed by atoms with E-state index in [4.69, 9.17) is 16.3 Å². The maximum atomic E-state index is 12.5. The van der Waals surface area contributed by atoms with Crippen LogP contribution < -0.4 is 10.1 Å². The van der Waals surface area contributed by atoms with E-state index in [1.54, 1.807) is 55.1 Å². The quantitative estimate of drug-likeness (QED) is 0.494. The molecule has 0 aliphatic rings. The van der Waals surface area contributed by atoms with Gasteiger partial charge in [0.1, 0.15) is 5.75 Å². The number of amides is 1. The summed E-state index contributed by atoms with van der Waals surface area (Å²) in [5.74, 6) is -0.224. The van der Waals surface area contributed by atoms with Crippen molar-refractivity contribution in [2.75, 3.05) is 5.32 Å². The molecule has 28 heavy (non-hydrogen) atoms.